The lowest BCUT2D eigenvalue weighted by Crippen LogP contribution is -1.99. The number of rotatable bonds is 2. The lowest BCUT2D eigenvalue weighted by Gasteiger charge is -2.04. The van der Waals surface area contributed by atoms with Gasteiger partial charge in [-0.15, -0.1) is 21.8 Å². The van der Waals surface area contributed by atoms with Gasteiger partial charge in [-0.25, -0.2) is 0 Å². The first-order chi connectivity index (χ1) is 7.69. The highest BCUT2D eigenvalue weighted by Crippen LogP contribution is 2.21. The summed E-state index contributed by atoms with van der Waals surface area (Å²) in [5.41, 5.74) is 1.79. The van der Waals surface area contributed by atoms with E-state index in [1.54, 1.807) is 10.5 Å². The van der Waals surface area contributed by atoms with E-state index >= 15 is 0 Å². The summed E-state index contributed by atoms with van der Waals surface area (Å²) in [6.45, 7) is 1.82. The number of nitriles is 1. The van der Waals surface area contributed by atoms with E-state index in [9.17, 15) is 0 Å². The summed E-state index contributed by atoms with van der Waals surface area (Å²) < 4.78 is 1.66. The molecule has 2 aromatic heterocycles. The summed E-state index contributed by atoms with van der Waals surface area (Å²) in [6, 6.07) is 3.84. The molecular weight excluding hydrogens is 247 g/mol. The Hall–Kier alpha value is -1.31. The Kier molecular flexibility index (Phi) is 2.99. The maximum absolute atomic E-state index is 9.05. The van der Waals surface area contributed by atoms with Gasteiger partial charge >= 0.3 is 0 Å². The number of halogens is 2. The minimum atomic E-state index is 0.437. The molecule has 16 heavy (non-hydrogen) atoms. The van der Waals surface area contributed by atoms with Crippen LogP contribution in [0.25, 0.3) is 5.65 Å². The van der Waals surface area contributed by atoms with Gasteiger partial charge in [0.05, 0.1) is 0 Å². The summed E-state index contributed by atoms with van der Waals surface area (Å²) >= 11 is 11.8. The topological polar surface area (TPSA) is 54.0 Å². The molecule has 0 unspecified atom stereocenters. The van der Waals surface area contributed by atoms with Crippen LogP contribution in [0.5, 0.6) is 0 Å². The van der Waals surface area contributed by atoms with Gasteiger partial charge in [-0.3, -0.25) is 4.40 Å². The third kappa shape index (κ3) is 1.62. The van der Waals surface area contributed by atoms with Crippen LogP contribution in [-0.4, -0.2) is 20.5 Å². The van der Waals surface area contributed by atoms with Crippen molar-refractivity contribution in [1.82, 2.24) is 14.6 Å². The summed E-state index contributed by atoms with van der Waals surface area (Å²) in [5, 5.41) is 17.5. The van der Waals surface area contributed by atoms with Crippen molar-refractivity contribution in [3.8, 4) is 6.07 Å². The predicted molar refractivity (Wildman–Crippen MR) is 61.9 cm³/mol. The molecule has 82 valence electrons. The van der Waals surface area contributed by atoms with E-state index in [4.69, 9.17) is 28.5 Å². The van der Waals surface area contributed by atoms with Crippen molar-refractivity contribution in [1.29, 1.82) is 5.26 Å². The van der Waals surface area contributed by atoms with Crippen LogP contribution in [0.15, 0.2) is 6.07 Å². The molecule has 0 amide bonds. The molecule has 0 aliphatic carbocycles. The number of hydrogen-bond acceptors (Lipinski definition) is 3. The number of aromatic nitrogens is 3. The molecule has 2 aromatic rings. The largest absolute Gasteiger partial charge is 0.268 e. The third-order valence-electron chi connectivity index (χ3n) is 2.33. The van der Waals surface area contributed by atoms with Crippen molar-refractivity contribution < 1.29 is 0 Å². The van der Waals surface area contributed by atoms with Crippen molar-refractivity contribution in [3.05, 3.63) is 28.2 Å². The molecule has 0 spiro atoms. The average Bonchev–Trinajstić information content (AvgIpc) is 2.63. The normalized spacial score (nSPS) is 10.6. The van der Waals surface area contributed by atoms with E-state index in [-0.39, 0.29) is 0 Å². The van der Waals surface area contributed by atoms with Crippen LogP contribution in [-0.2, 0) is 6.42 Å². The van der Waals surface area contributed by atoms with Crippen LogP contribution in [0.2, 0.25) is 5.15 Å². The minimum absolute atomic E-state index is 0.437. The molecule has 0 radical (unpaired) electrons. The number of pyridine rings is 1. The summed E-state index contributed by atoms with van der Waals surface area (Å²) in [6.07, 6.45) is 0.566. The Morgan fingerprint density at radius 3 is 2.88 bits per heavy atom. The van der Waals surface area contributed by atoms with E-state index in [0.717, 1.165) is 5.56 Å². The van der Waals surface area contributed by atoms with Gasteiger partial charge in [-0.05, 0) is 18.6 Å². The van der Waals surface area contributed by atoms with Gasteiger partial charge in [0, 0.05) is 12.3 Å². The number of aryl methyl sites for hydroxylation is 2. The molecule has 0 aromatic carbocycles. The van der Waals surface area contributed by atoms with Gasteiger partial charge in [0.2, 0.25) is 0 Å². The lowest BCUT2D eigenvalue weighted by molar-refractivity contribution is 0.913. The van der Waals surface area contributed by atoms with E-state index in [1.807, 2.05) is 6.92 Å². The van der Waals surface area contributed by atoms with Gasteiger partial charge in [0.1, 0.15) is 22.6 Å². The van der Waals surface area contributed by atoms with Gasteiger partial charge < -0.3 is 0 Å². The first-order valence-electron chi connectivity index (χ1n) is 4.68. The summed E-state index contributed by atoms with van der Waals surface area (Å²) in [7, 11) is 0. The number of hydrogen-bond donors (Lipinski definition) is 0. The van der Waals surface area contributed by atoms with Crippen LogP contribution in [0.1, 0.15) is 17.0 Å². The molecule has 2 rings (SSSR count). The zero-order chi connectivity index (χ0) is 11.7. The standard InChI is InChI=1S/C10H8Cl2N4/c1-6-4-8(12)16-9(2-3-11)14-15-10(16)7(6)5-13/h4H,2-3H2,1H3. The van der Waals surface area contributed by atoms with E-state index in [1.165, 1.54) is 0 Å². The molecule has 4 nitrogen and oxygen atoms in total. The number of fused-ring (bicyclic) bond motifs is 1. The van der Waals surface area contributed by atoms with Crippen LogP contribution in [0.4, 0.5) is 0 Å². The molecule has 0 fully saturated rings. The molecule has 0 bridgehead atoms. The second-order valence-electron chi connectivity index (χ2n) is 3.35. The molecule has 0 saturated carbocycles. The maximum Gasteiger partial charge on any atom is 0.180 e. The molecule has 0 N–H and O–H groups in total. The first kappa shape index (κ1) is 11.2. The van der Waals surface area contributed by atoms with Crippen molar-refractivity contribution in [3.63, 3.8) is 0 Å². The quantitative estimate of drug-likeness (QED) is 0.611. The summed E-state index contributed by atoms with van der Waals surface area (Å²) in [5.74, 6) is 1.11. The SMILES string of the molecule is Cc1cc(Cl)n2c(CCCl)nnc2c1C#N. The van der Waals surface area contributed by atoms with Crippen LogP contribution in [0.3, 0.4) is 0 Å². The van der Waals surface area contributed by atoms with Crippen molar-refractivity contribution >= 4 is 28.8 Å². The highest BCUT2D eigenvalue weighted by Gasteiger charge is 2.14. The van der Waals surface area contributed by atoms with Crippen LogP contribution < -0.4 is 0 Å². The number of nitrogens with zero attached hydrogens (tertiary/aromatic N) is 4. The van der Waals surface area contributed by atoms with Crippen LogP contribution in [0, 0.1) is 18.3 Å². The van der Waals surface area contributed by atoms with E-state index in [2.05, 4.69) is 16.3 Å². The highest BCUT2D eigenvalue weighted by molar-refractivity contribution is 6.30. The minimum Gasteiger partial charge on any atom is -0.268 e. The Morgan fingerprint density at radius 1 is 1.50 bits per heavy atom. The van der Waals surface area contributed by atoms with Gasteiger partial charge in [-0.2, -0.15) is 5.26 Å². The molecule has 0 aliphatic rings. The second-order valence-corrected chi connectivity index (χ2v) is 4.12. The predicted octanol–water partition coefficient (Wildman–Crippen LogP) is 2.34. The Balaban J connectivity index is 2.80. The van der Waals surface area contributed by atoms with Gasteiger partial charge in [0.25, 0.3) is 0 Å². The lowest BCUT2D eigenvalue weighted by atomic mass is 10.2. The monoisotopic (exact) mass is 254 g/mol. The van der Waals surface area contributed by atoms with Crippen molar-refractivity contribution in [2.45, 2.75) is 13.3 Å². The molecule has 0 atom stereocenters. The number of alkyl halides is 1. The molecular formula is C10H8Cl2N4. The fraction of sp³-hybridized carbons (Fsp3) is 0.300. The molecule has 2 heterocycles. The average molecular weight is 255 g/mol. The van der Waals surface area contributed by atoms with Gasteiger partial charge in [-0.1, -0.05) is 11.6 Å². The van der Waals surface area contributed by atoms with E-state index in [0.29, 0.717) is 34.5 Å². The van der Waals surface area contributed by atoms with Crippen molar-refractivity contribution in [2.24, 2.45) is 0 Å². The zero-order valence-electron chi connectivity index (χ0n) is 8.54. The summed E-state index contributed by atoms with van der Waals surface area (Å²) in [4.78, 5) is 0. The van der Waals surface area contributed by atoms with Crippen LogP contribution >= 0.6 is 23.2 Å². The first-order valence-corrected chi connectivity index (χ1v) is 5.59. The van der Waals surface area contributed by atoms with E-state index < -0.39 is 0 Å². The Morgan fingerprint density at radius 2 is 2.25 bits per heavy atom. The Bertz CT molecular complexity index is 582. The molecule has 6 heteroatoms. The van der Waals surface area contributed by atoms with Crippen molar-refractivity contribution in [2.75, 3.05) is 5.88 Å². The fourth-order valence-corrected chi connectivity index (χ4v) is 2.09. The molecule has 0 aliphatic heterocycles. The second kappa shape index (κ2) is 4.28. The maximum atomic E-state index is 9.05. The Labute approximate surface area is 102 Å². The fourth-order valence-electron chi connectivity index (χ4n) is 1.58. The van der Waals surface area contributed by atoms with Gasteiger partial charge in [0.15, 0.2) is 5.65 Å². The molecule has 0 saturated heterocycles. The zero-order valence-corrected chi connectivity index (χ0v) is 10.0. The highest BCUT2D eigenvalue weighted by atomic mass is 35.5. The third-order valence-corrected chi connectivity index (χ3v) is 2.79. The smallest absolute Gasteiger partial charge is 0.180 e.